The largest absolute Gasteiger partial charge is 0.459 e. The smallest absolute Gasteiger partial charge is 0.290 e. The molecule has 0 bridgehead atoms. The number of amides is 3. The minimum atomic E-state index is -3.83. The summed E-state index contributed by atoms with van der Waals surface area (Å²) in [5, 5.41) is 5.15. The van der Waals surface area contributed by atoms with Gasteiger partial charge in [-0.2, -0.15) is 0 Å². The van der Waals surface area contributed by atoms with Crippen LogP contribution in [-0.4, -0.2) is 43.6 Å². The number of carbonyl (C=O) groups is 3. The Labute approximate surface area is 209 Å². The van der Waals surface area contributed by atoms with Crippen LogP contribution in [0.4, 0.5) is 5.69 Å². The molecule has 4 rings (SSSR count). The molecule has 188 valence electrons. The molecule has 1 aliphatic rings. The fourth-order valence-corrected chi connectivity index (χ4v) is 4.69. The highest BCUT2D eigenvalue weighted by molar-refractivity contribution is 7.89. The van der Waals surface area contributed by atoms with E-state index in [0.29, 0.717) is 18.0 Å². The van der Waals surface area contributed by atoms with Gasteiger partial charge in [0.25, 0.3) is 11.8 Å². The first-order valence-electron chi connectivity index (χ1n) is 11.5. The summed E-state index contributed by atoms with van der Waals surface area (Å²) >= 11 is 0. The van der Waals surface area contributed by atoms with Crippen molar-refractivity contribution in [3.63, 3.8) is 0 Å². The molecule has 0 aliphatic carbocycles. The van der Waals surface area contributed by atoms with Crippen molar-refractivity contribution in [1.82, 2.24) is 4.90 Å². The quantitative estimate of drug-likeness (QED) is 0.464. The molecule has 1 saturated heterocycles. The van der Waals surface area contributed by atoms with Crippen LogP contribution in [0.25, 0.3) is 0 Å². The first-order valence-corrected chi connectivity index (χ1v) is 13.0. The summed E-state index contributed by atoms with van der Waals surface area (Å²) in [6, 6.07) is 15.3. The van der Waals surface area contributed by atoms with Crippen molar-refractivity contribution in [3.8, 4) is 0 Å². The average Bonchev–Trinajstić information content (AvgIpc) is 3.47. The molecule has 1 unspecified atom stereocenters. The molecule has 0 saturated carbocycles. The number of imide groups is 1. The molecule has 1 aliphatic heterocycles. The van der Waals surface area contributed by atoms with E-state index in [4.69, 9.17) is 9.56 Å². The number of benzene rings is 2. The van der Waals surface area contributed by atoms with E-state index in [1.165, 1.54) is 29.4 Å². The van der Waals surface area contributed by atoms with E-state index in [9.17, 15) is 22.8 Å². The number of carbonyl (C=O) groups excluding carboxylic acids is 3. The highest BCUT2D eigenvalue weighted by Crippen LogP contribution is 2.28. The Hall–Kier alpha value is -3.76. The van der Waals surface area contributed by atoms with Crippen molar-refractivity contribution in [1.29, 1.82) is 0 Å². The topological polar surface area (TPSA) is 131 Å². The fraction of sp³-hybridized carbons (Fsp3) is 0.269. The molecule has 1 aromatic heterocycles. The Morgan fingerprint density at radius 3 is 2.31 bits per heavy atom. The van der Waals surface area contributed by atoms with Gasteiger partial charge in [-0.05, 0) is 59.9 Å². The van der Waals surface area contributed by atoms with Crippen LogP contribution in [0, 0.1) is 0 Å². The van der Waals surface area contributed by atoms with Crippen LogP contribution in [0.3, 0.4) is 0 Å². The van der Waals surface area contributed by atoms with Gasteiger partial charge in [-0.1, -0.05) is 38.1 Å². The highest BCUT2D eigenvalue weighted by atomic mass is 32.2. The van der Waals surface area contributed by atoms with Crippen molar-refractivity contribution in [3.05, 3.63) is 83.8 Å². The second kappa shape index (κ2) is 10.1. The number of rotatable bonds is 8. The zero-order valence-electron chi connectivity index (χ0n) is 20.0. The van der Waals surface area contributed by atoms with Gasteiger partial charge in [-0.3, -0.25) is 14.4 Å². The van der Waals surface area contributed by atoms with E-state index in [0.717, 1.165) is 16.0 Å². The Balaban J connectivity index is 1.58. The predicted molar refractivity (Wildman–Crippen MR) is 133 cm³/mol. The normalized spacial score (nSPS) is 16.1. The average molecular weight is 510 g/mol. The van der Waals surface area contributed by atoms with Crippen LogP contribution in [0.1, 0.15) is 47.9 Å². The summed E-state index contributed by atoms with van der Waals surface area (Å²) in [5.41, 5.74) is 2.27. The number of furan rings is 1. The number of anilines is 1. The SMILES string of the molecule is CC(C)c1ccc(N2C(=O)CC(N(CCc3ccc(S(N)(=O)=O)cc3)C(=O)c3ccco3)C2=O)cc1. The molecule has 3 aromatic rings. The maximum atomic E-state index is 13.4. The summed E-state index contributed by atoms with van der Waals surface area (Å²) in [6.45, 7) is 4.22. The minimum absolute atomic E-state index is 0.0227. The Morgan fingerprint density at radius 2 is 1.75 bits per heavy atom. The number of nitrogens with two attached hydrogens (primary N) is 1. The van der Waals surface area contributed by atoms with Gasteiger partial charge in [-0.25, -0.2) is 18.5 Å². The van der Waals surface area contributed by atoms with Gasteiger partial charge in [0.05, 0.1) is 23.3 Å². The predicted octanol–water partition coefficient (Wildman–Crippen LogP) is 3.07. The fourth-order valence-electron chi connectivity index (χ4n) is 4.18. The lowest BCUT2D eigenvalue weighted by molar-refractivity contribution is -0.122. The van der Waals surface area contributed by atoms with E-state index in [1.54, 1.807) is 30.3 Å². The molecule has 2 heterocycles. The van der Waals surface area contributed by atoms with Crippen molar-refractivity contribution in [2.45, 2.75) is 43.5 Å². The second-order valence-electron chi connectivity index (χ2n) is 8.95. The number of hydrogen-bond acceptors (Lipinski definition) is 6. The maximum Gasteiger partial charge on any atom is 0.290 e. The van der Waals surface area contributed by atoms with Crippen molar-refractivity contribution in [2.75, 3.05) is 11.4 Å². The van der Waals surface area contributed by atoms with E-state index in [2.05, 4.69) is 13.8 Å². The van der Waals surface area contributed by atoms with Gasteiger partial charge < -0.3 is 9.32 Å². The lowest BCUT2D eigenvalue weighted by atomic mass is 10.0. The number of primary sulfonamides is 1. The van der Waals surface area contributed by atoms with E-state index in [1.807, 2.05) is 12.1 Å². The van der Waals surface area contributed by atoms with Gasteiger partial charge in [0.15, 0.2) is 5.76 Å². The Kier molecular flexibility index (Phi) is 7.09. The first kappa shape index (κ1) is 25.3. The van der Waals surface area contributed by atoms with Gasteiger partial charge in [0.2, 0.25) is 15.9 Å². The van der Waals surface area contributed by atoms with Crippen molar-refractivity contribution in [2.24, 2.45) is 5.14 Å². The van der Waals surface area contributed by atoms with Crippen LogP contribution in [0.15, 0.2) is 76.2 Å². The maximum absolute atomic E-state index is 13.4. The molecule has 1 atom stereocenters. The van der Waals surface area contributed by atoms with E-state index >= 15 is 0 Å². The molecule has 36 heavy (non-hydrogen) atoms. The van der Waals surface area contributed by atoms with Crippen LogP contribution in [0.5, 0.6) is 0 Å². The molecule has 9 nitrogen and oxygen atoms in total. The van der Waals surface area contributed by atoms with Crippen molar-refractivity contribution >= 4 is 33.4 Å². The summed E-state index contributed by atoms with van der Waals surface area (Å²) in [5.74, 6) is -1.03. The second-order valence-corrected chi connectivity index (χ2v) is 10.5. The monoisotopic (exact) mass is 509 g/mol. The molecule has 1 fully saturated rings. The lowest BCUT2D eigenvalue weighted by Crippen LogP contribution is -2.46. The van der Waals surface area contributed by atoms with E-state index < -0.39 is 33.8 Å². The van der Waals surface area contributed by atoms with Crippen molar-refractivity contribution < 1.29 is 27.2 Å². The van der Waals surface area contributed by atoms with Gasteiger partial charge in [0, 0.05) is 6.54 Å². The molecule has 2 aromatic carbocycles. The molecule has 2 N–H and O–H groups in total. The summed E-state index contributed by atoms with van der Waals surface area (Å²) < 4.78 is 28.3. The number of nitrogens with zero attached hydrogens (tertiary/aromatic N) is 2. The molecule has 0 radical (unpaired) electrons. The Bertz CT molecular complexity index is 1360. The summed E-state index contributed by atoms with van der Waals surface area (Å²) in [4.78, 5) is 42.0. The zero-order chi connectivity index (χ0) is 26.0. The first-order chi connectivity index (χ1) is 17.1. The van der Waals surface area contributed by atoms with Gasteiger partial charge >= 0.3 is 0 Å². The summed E-state index contributed by atoms with van der Waals surface area (Å²) in [6.07, 6.45) is 1.53. The van der Waals surface area contributed by atoms with Gasteiger partial charge in [-0.15, -0.1) is 0 Å². The molecular weight excluding hydrogens is 482 g/mol. The number of hydrogen-bond donors (Lipinski definition) is 1. The number of sulfonamides is 1. The third kappa shape index (κ3) is 5.24. The molecule has 10 heteroatoms. The van der Waals surface area contributed by atoms with Crippen LogP contribution < -0.4 is 10.0 Å². The van der Waals surface area contributed by atoms with E-state index in [-0.39, 0.29) is 23.6 Å². The third-order valence-corrected chi connectivity index (χ3v) is 7.13. The van der Waals surface area contributed by atoms with Crippen LogP contribution in [-0.2, 0) is 26.0 Å². The molecule has 3 amide bonds. The summed E-state index contributed by atoms with van der Waals surface area (Å²) in [7, 11) is -3.83. The zero-order valence-corrected chi connectivity index (χ0v) is 20.8. The van der Waals surface area contributed by atoms with Crippen LogP contribution in [0.2, 0.25) is 0 Å². The molecular formula is C26H27N3O6S. The highest BCUT2D eigenvalue weighted by Gasteiger charge is 2.44. The van der Waals surface area contributed by atoms with Gasteiger partial charge in [0.1, 0.15) is 6.04 Å². The minimum Gasteiger partial charge on any atom is -0.459 e. The van der Waals surface area contributed by atoms with Crippen LogP contribution >= 0.6 is 0 Å². The Morgan fingerprint density at radius 1 is 1.08 bits per heavy atom. The lowest BCUT2D eigenvalue weighted by Gasteiger charge is -2.27. The standard InChI is InChI=1S/C26H27N3O6S/c1-17(2)19-7-9-20(10-8-19)29-24(30)16-22(25(29)31)28(26(32)23-4-3-15-35-23)14-13-18-5-11-21(12-6-18)36(27,33)34/h3-12,15,17,22H,13-14,16H2,1-2H3,(H2,27,33,34). The third-order valence-electron chi connectivity index (χ3n) is 6.20. The molecule has 0 spiro atoms.